The number of hydrogen-bond donors (Lipinski definition) is 1. The van der Waals surface area contributed by atoms with Crippen molar-refractivity contribution in [2.75, 3.05) is 5.32 Å². The zero-order chi connectivity index (χ0) is 9.80. The van der Waals surface area contributed by atoms with Crippen molar-refractivity contribution in [3.63, 3.8) is 0 Å². The average molecular weight is 190 g/mol. The second-order valence-electron chi connectivity index (χ2n) is 2.49. The predicted octanol–water partition coefficient (Wildman–Crippen LogP) is 0.717. The normalized spacial score (nSPS) is 9.71. The van der Waals surface area contributed by atoms with Gasteiger partial charge in [-0.2, -0.15) is 0 Å². The number of hydrogen-bond acceptors (Lipinski definition) is 5. The Kier molecular flexibility index (Phi) is 2.18. The zero-order valence-electron chi connectivity index (χ0n) is 7.04. The van der Waals surface area contributed by atoms with Gasteiger partial charge in [0.25, 0.3) is 5.91 Å². The summed E-state index contributed by atoms with van der Waals surface area (Å²) in [6.07, 6.45) is 4.39. The molecule has 14 heavy (non-hydrogen) atoms. The first-order valence-corrected chi connectivity index (χ1v) is 3.85. The van der Waals surface area contributed by atoms with Crippen molar-refractivity contribution in [2.24, 2.45) is 0 Å². The Balaban J connectivity index is 2.10. The summed E-state index contributed by atoms with van der Waals surface area (Å²) in [5, 5.41) is 9.30. The molecule has 2 aromatic rings. The number of carbonyl (C=O) groups is 1. The van der Waals surface area contributed by atoms with Crippen molar-refractivity contribution in [1.29, 1.82) is 0 Å². The second kappa shape index (κ2) is 3.65. The SMILES string of the molecule is O=C(Nc1cccnc1)c1cnon1. The van der Waals surface area contributed by atoms with E-state index in [1.165, 1.54) is 12.4 Å². The van der Waals surface area contributed by atoms with Gasteiger partial charge in [-0.1, -0.05) is 5.16 Å². The molecule has 0 bridgehead atoms. The molecule has 0 fully saturated rings. The molecule has 0 aliphatic rings. The molecule has 0 atom stereocenters. The van der Waals surface area contributed by atoms with Crippen molar-refractivity contribution >= 4 is 11.6 Å². The number of nitrogens with zero attached hydrogens (tertiary/aromatic N) is 3. The second-order valence-corrected chi connectivity index (χ2v) is 2.49. The van der Waals surface area contributed by atoms with Crippen molar-refractivity contribution < 1.29 is 9.42 Å². The van der Waals surface area contributed by atoms with E-state index >= 15 is 0 Å². The molecular weight excluding hydrogens is 184 g/mol. The van der Waals surface area contributed by atoms with E-state index in [2.05, 4.69) is 25.2 Å². The molecule has 0 aliphatic heterocycles. The minimum atomic E-state index is -0.376. The molecule has 0 radical (unpaired) electrons. The van der Waals surface area contributed by atoms with Crippen LogP contribution in [0.5, 0.6) is 0 Å². The van der Waals surface area contributed by atoms with Gasteiger partial charge in [-0.15, -0.1) is 0 Å². The van der Waals surface area contributed by atoms with Gasteiger partial charge in [-0.3, -0.25) is 9.78 Å². The van der Waals surface area contributed by atoms with Gasteiger partial charge in [0.1, 0.15) is 6.20 Å². The van der Waals surface area contributed by atoms with Gasteiger partial charge in [0.15, 0.2) is 5.69 Å². The number of carbonyl (C=O) groups excluding carboxylic acids is 1. The summed E-state index contributed by atoms with van der Waals surface area (Å²) < 4.78 is 4.30. The minimum Gasteiger partial charge on any atom is -0.319 e. The van der Waals surface area contributed by atoms with Crippen LogP contribution in [0.2, 0.25) is 0 Å². The molecular formula is C8H6N4O2. The number of anilines is 1. The maximum atomic E-state index is 11.4. The van der Waals surface area contributed by atoms with Gasteiger partial charge in [-0.05, 0) is 17.3 Å². The Morgan fingerprint density at radius 1 is 1.43 bits per heavy atom. The van der Waals surface area contributed by atoms with Gasteiger partial charge in [0.05, 0.1) is 11.9 Å². The molecule has 0 unspecified atom stereocenters. The van der Waals surface area contributed by atoms with Gasteiger partial charge in [0.2, 0.25) is 0 Å². The van der Waals surface area contributed by atoms with Crippen LogP contribution in [0.3, 0.4) is 0 Å². The highest BCUT2D eigenvalue weighted by Gasteiger charge is 2.09. The Bertz CT molecular complexity index is 412. The summed E-state index contributed by atoms with van der Waals surface area (Å²) >= 11 is 0. The molecule has 6 nitrogen and oxygen atoms in total. The van der Waals surface area contributed by atoms with E-state index in [1.807, 2.05) is 0 Å². The lowest BCUT2D eigenvalue weighted by molar-refractivity contribution is 0.101. The lowest BCUT2D eigenvalue weighted by atomic mass is 10.4. The van der Waals surface area contributed by atoms with E-state index in [9.17, 15) is 4.79 Å². The van der Waals surface area contributed by atoms with E-state index in [1.54, 1.807) is 18.3 Å². The van der Waals surface area contributed by atoms with E-state index in [0.29, 0.717) is 5.69 Å². The predicted molar refractivity (Wildman–Crippen MR) is 46.5 cm³/mol. The van der Waals surface area contributed by atoms with E-state index in [-0.39, 0.29) is 11.6 Å². The van der Waals surface area contributed by atoms with Crippen LogP contribution in [-0.4, -0.2) is 21.2 Å². The van der Waals surface area contributed by atoms with Gasteiger partial charge in [-0.25, -0.2) is 4.63 Å². The monoisotopic (exact) mass is 190 g/mol. The fourth-order valence-corrected chi connectivity index (χ4v) is 0.897. The summed E-state index contributed by atoms with van der Waals surface area (Å²) in [5.41, 5.74) is 0.731. The molecule has 0 aliphatic carbocycles. The molecule has 1 amide bonds. The molecule has 2 aromatic heterocycles. The van der Waals surface area contributed by atoms with Crippen LogP contribution in [0.15, 0.2) is 35.4 Å². The maximum Gasteiger partial charge on any atom is 0.279 e. The Morgan fingerprint density at radius 2 is 2.36 bits per heavy atom. The zero-order valence-corrected chi connectivity index (χ0v) is 7.04. The molecule has 0 saturated heterocycles. The van der Waals surface area contributed by atoms with Crippen LogP contribution in [0.1, 0.15) is 10.5 Å². The highest BCUT2D eigenvalue weighted by atomic mass is 16.6. The first kappa shape index (κ1) is 8.36. The highest BCUT2D eigenvalue weighted by molar-refractivity contribution is 6.02. The fourth-order valence-electron chi connectivity index (χ4n) is 0.897. The van der Waals surface area contributed by atoms with Crippen LogP contribution in [-0.2, 0) is 0 Å². The van der Waals surface area contributed by atoms with Gasteiger partial charge in [0, 0.05) is 6.20 Å². The van der Waals surface area contributed by atoms with E-state index in [0.717, 1.165) is 0 Å². The molecule has 70 valence electrons. The quantitative estimate of drug-likeness (QED) is 0.754. The van der Waals surface area contributed by atoms with Gasteiger partial charge >= 0.3 is 0 Å². The van der Waals surface area contributed by atoms with Crippen LogP contribution in [0, 0.1) is 0 Å². The van der Waals surface area contributed by atoms with Crippen LogP contribution >= 0.6 is 0 Å². The maximum absolute atomic E-state index is 11.4. The van der Waals surface area contributed by atoms with Crippen LogP contribution in [0.25, 0.3) is 0 Å². The van der Waals surface area contributed by atoms with Gasteiger partial charge < -0.3 is 5.32 Å². The third-order valence-corrected chi connectivity index (χ3v) is 1.51. The van der Waals surface area contributed by atoms with Crippen molar-refractivity contribution in [2.45, 2.75) is 0 Å². The molecule has 1 N–H and O–H groups in total. The number of aromatic nitrogens is 3. The van der Waals surface area contributed by atoms with Crippen molar-refractivity contribution in [3.8, 4) is 0 Å². The summed E-state index contributed by atoms with van der Waals surface area (Å²) in [4.78, 5) is 15.2. The molecule has 0 saturated carbocycles. The highest BCUT2D eigenvalue weighted by Crippen LogP contribution is 2.04. The van der Waals surface area contributed by atoms with E-state index in [4.69, 9.17) is 0 Å². The Hall–Kier alpha value is -2.24. The number of rotatable bonds is 2. The lowest BCUT2D eigenvalue weighted by Crippen LogP contribution is -2.12. The molecule has 0 spiro atoms. The first-order chi connectivity index (χ1) is 6.86. The third kappa shape index (κ3) is 1.74. The first-order valence-electron chi connectivity index (χ1n) is 3.85. The summed E-state index contributed by atoms with van der Waals surface area (Å²) in [6, 6.07) is 3.44. The topological polar surface area (TPSA) is 80.9 Å². The Labute approximate surface area is 78.9 Å². The third-order valence-electron chi connectivity index (χ3n) is 1.51. The van der Waals surface area contributed by atoms with Crippen LogP contribution in [0.4, 0.5) is 5.69 Å². The minimum absolute atomic E-state index is 0.133. The van der Waals surface area contributed by atoms with E-state index < -0.39 is 0 Å². The van der Waals surface area contributed by atoms with Crippen molar-refractivity contribution in [1.82, 2.24) is 15.3 Å². The lowest BCUT2D eigenvalue weighted by Gasteiger charge is -1.99. The smallest absolute Gasteiger partial charge is 0.279 e. The summed E-state index contributed by atoms with van der Waals surface area (Å²) in [5.74, 6) is -0.376. The molecule has 6 heteroatoms. The number of nitrogens with one attached hydrogen (secondary N) is 1. The number of pyridine rings is 1. The fraction of sp³-hybridized carbons (Fsp3) is 0. The summed E-state index contributed by atoms with van der Waals surface area (Å²) in [6.45, 7) is 0. The van der Waals surface area contributed by atoms with Crippen molar-refractivity contribution in [3.05, 3.63) is 36.4 Å². The molecule has 2 heterocycles. The number of amides is 1. The Morgan fingerprint density at radius 3 is 3.00 bits per heavy atom. The molecule has 2 rings (SSSR count). The van der Waals surface area contributed by atoms with Crippen LogP contribution < -0.4 is 5.32 Å². The average Bonchev–Trinajstić information content (AvgIpc) is 2.72. The standard InChI is InChI=1S/C8H6N4O2/c13-8(7-5-10-14-12-7)11-6-2-1-3-9-4-6/h1-5H,(H,11,13). The largest absolute Gasteiger partial charge is 0.319 e. The molecule has 0 aromatic carbocycles. The summed E-state index contributed by atoms with van der Waals surface area (Å²) in [7, 11) is 0.